The van der Waals surface area contributed by atoms with Gasteiger partial charge in [-0.05, 0) is 58.9 Å². The average molecular weight is 419 g/mol. The van der Waals surface area contributed by atoms with Crippen molar-refractivity contribution in [1.29, 1.82) is 0 Å². The van der Waals surface area contributed by atoms with Crippen molar-refractivity contribution in [3.63, 3.8) is 0 Å². The molecule has 0 aliphatic carbocycles. The lowest BCUT2D eigenvalue weighted by Crippen LogP contribution is -2.44. The molecule has 1 fully saturated rings. The van der Waals surface area contributed by atoms with E-state index in [-0.39, 0.29) is 6.04 Å². The smallest absolute Gasteiger partial charge is 0.163 e. The predicted octanol–water partition coefficient (Wildman–Crippen LogP) is 3.01. The number of rotatable bonds is 5. The molecule has 2 aromatic rings. The van der Waals surface area contributed by atoms with Crippen molar-refractivity contribution in [2.75, 3.05) is 30.4 Å². The van der Waals surface area contributed by atoms with Gasteiger partial charge in [-0.1, -0.05) is 0 Å². The van der Waals surface area contributed by atoms with Gasteiger partial charge in [-0.15, -0.1) is 0 Å². The number of nitrogens with two attached hydrogens (primary N) is 1. The molecule has 0 amide bonds. The van der Waals surface area contributed by atoms with Gasteiger partial charge in [0, 0.05) is 23.9 Å². The zero-order valence-electron chi connectivity index (χ0n) is 17.7. The lowest BCUT2D eigenvalue weighted by atomic mass is 10.1. The number of hydrogen-bond donors (Lipinski definition) is 1. The molecular weight excluding hydrogens is 388 g/mol. The summed E-state index contributed by atoms with van der Waals surface area (Å²) in [6.07, 6.45) is 0. The Hall–Kier alpha value is -2.19. The first-order valence-corrected chi connectivity index (χ1v) is 11.4. The number of nitrogen functional groups attached to an aromatic ring is 1. The molecule has 7 nitrogen and oxygen atoms in total. The third-order valence-electron chi connectivity index (χ3n) is 5.49. The Morgan fingerprint density at radius 3 is 2.45 bits per heavy atom. The molecule has 0 spiro atoms. The molecule has 1 aromatic heterocycles. The van der Waals surface area contributed by atoms with Crippen LogP contribution in [0.25, 0.3) is 11.4 Å². The summed E-state index contributed by atoms with van der Waals surface area (Å²) in [4.78, 5) is 11.6. The first kappa shape index (κ1) is 21.5. The summed E-state index contributed by atoms with van der Waals surface area (Å²) >= 11 is 0. The summed E-state index contributed by atoms with van der Waals surface area (Å²) in [5, 5.41) is -0.516. The zero-order valence-corrected chi connectivity index (χ0v) is 18.5. The standard InChI is InChI=1S/C21H30N4O3S/c1-14(2)29(26,27)21(4,5)18-12-19(25-10-11-28-13-15(25)3)24-20(23-18)16-6-8-17(22)9-7-16/h6-9,12,14-15H,10-11,13,22H2,1-5H3. The van der Waals surface area contributed by atoms with E-state index in [0.717, 1.165) is 5.56 Å². The maximum atomic E-state index is 13.1. The van der Waals surface area contributed by atoms with Crippen molar-refractivity contribution in [2.45, 2.75) is 50.7 Å². The molecule has 2 N–H and O–H groups in total. The largest absolute Gasteiger partial charge is 0.399 e. The van der Waals surface area contributed by atoms with Crippen molar-refractivity contribution in [3.8, 4) is 11.4 Å². The van der Waals surface area contributed by atoms with Crippen molar-refractivity contribution in [3.05, 3.63) is 36.0 Å². The first-order valence-electron chi connectivity index (χ1n) is 9.87. The van der Waals surface area contributed by atoms with Crippen LogP contribution in [0.3, 0.4) is 0 Å². The minimum absolute atomic E-state index is 0.135. The Bertz CT molecular complexity index is 972. The molecule has 29 heavy (non-hydrogen) atoms. The molecule has 0 bridgehead atoms. The monoisotopic (exact) mass is 418 g/mol. The SMILES string of the molecule is CC1COCCN1c1cc(C(C)(C)S(=O)(=O)C(C)C)nc(-c2ccc(N)cc2)n1. The summed E-state index contributed by atoms with van der Waals surface area (Å²) in [6, 6.07) is 9.23. The Morgan fingerprint density at radius 1 is 1.21 bits per heavy atom. The summed E-state index contributed by atoms with van der Waals surface area (Å²) in [6.45, 7) is 10.8. The number of hydrogen-bond acceptors (Lipinski definition) is 7. The summed E-state index contributed by atoms with van der Waals surface area (Å²) < 4.78 is 30.6. The molecule has 158 valence electrons. The highest BCUT2D eigenvalue weighted by atomic mass is 32.2. The third-order valence-corrected chi connectivity index (χ3v) is 8.37. The van der Waals surface area contributed by atoms with E-state index in [4.69, 9.17) is 15.5 Å². The number of aromatic nitrogens is 2. The normalized spacial score (nSPS) is 18.3. The molecule has 1 aromatic carbocycles. The fourth-order valence-corrected chi connectivity index (χ4v) is 5.03. The number of nitrogens with zero attached hydrogens (tertiary/aromatic N) is 3. The van der Waals surface area contributed by atoms with Gasteiger partial charge in [0.25, 0.3) is 0 Å². The van der Waals surface area contributed by atoms with E-state index in [0.29, 0.717) is 42.8 Å². The lowest BCUT2D eigenvalue weighted by Gasteiger charge is -2.35. The van der Waals surface area contributed by atoms with Crippen molar-refractivity contribution in [1.82, 2.24) is 9.97 Å². The van der Waals surface area contributed by atoms with Gasteiger partial charge in [-0.2, -0.15) is 0 Å². The van der Waals surface area contributed by atoms with Crippen LogP contribution in [-0.4, -0.2) is 49.4 Å². The predicted molar refractivity (Wildman–Crippen MR) is 117 cm³/mol. The molecule has 0 radical (unpaired) electrons. The second-order valence-electron chi connectivity index (χ2n) is 8.28. The minimum atomic E-state index is -3.45. The molecule has 1 aliphatic heterocycles. The van der Waals surface area contributed by atoms with E-state index >= 15 is 0 Å². The lowest BCUT2D eigenvalue weighted by molar-refractivity contribution is 0.0985. The summed E-state index contributed by atoms with van der Waals surface area (Å²) in [5.74, 6) is 1.20. The summed E-state index contributed by atoms with van der Waals surface area (Å²) in [7, 11) is -3.45. The number of morpholine rings is 1. The Kier molecular flexibility index (Phi) is 5.87. The second kappa shape index (κ2) is 7.91. The van der Waals surface area contributed by atoms with Crippen LogP contribution in [0.4, 0.5) is 11.5 Å². The van der Waals surface area contributed by atoms with Crippen molar-refractivity contribution < 1.29 is 13.2 Å². The van der Waals surface area contributed by atoms with Crippen LogP contribution in [0.5, 0.6) is 0 Å². The minimum Gasteiger partial charge on any atom is -0.399 e. The Morgan fingerprint density at radius 2 is 1.86 bits per heavy atom. The highest BCUT2D eigenvalue weighted by molar-refractivity contribution is 7.92. The average Bonchev–Trinajstić information content (AvgIpc) is 2.68. The van der Waals surface area contributed by atoms with E-state index in [1.165, 1.54) is 0 Å². The van der Waals surface area contributed by atoms with Gasteiger partial charge in [0.15, 0.2) is 15.7 Å². The number of ether oxygens (including phenoxy) is 1. The molecule has 1 atom stereocenters. The maximum absolute atomic E-state index is 13.1. The van der Waals surface area contributed by atoms with Crippen molar-refractivity contribution in [2.24, 2.45) is 0 Å². The number of anilines is 2. The molecule has 2 heterocycles. The topological polar surface area (TPSA) is 98.4 Å². The van der Waals surface area contributed by atoms with E-state index in [9.17, 15) is 8.42 Å². The number of benzene rings is 1. The fourth-order valence-electron chi connectivity index (χ4n) is 3.45. The van der Waals surface area contributed by atoms with Gasteiger partial charge < -0.3 is 15.4 Å². The molecular formula is C21H30N4O3S. The van der Waals surface area contributed by atoms with Crippen LogP contribution in [0.2, 0.25) is 0 Å². The molecule has 1 unspecified atom stereocenters. The van der Waals surface area contributed by atoms with E-state index in [2.05, 4.69) is 16.8 Å². The van der Waals surface area contributed by atoms with Crippen LogP contribution >= 0.6 is 0 Å². The van der Waals surface area contributed by atoms with Crippen molar-refractivity contribution >= 4 is 21.3 Å². The molecule has 0 saturated carbocycles. The highest BCUT2D eigenvalue weighted by Crippen LogP contribution is 2.35. The fraction of sp³-hybridized carbons (Fsp3) is 0.524. The molecule has 8 heteroatoms. The third kappa shape index (κ3) is 4.09. The van der Waals surface area contributed by atoms with Gasteiger partial charge in [0.2, 0.25) is 0 Å². The van der Waals surface area contributed by atoms with Gasteiger partial charge in [0.05, 0.1) is 30.2 Å². The van der Waals surface area contributed by atoms with Crippen LogP contribution in [0.1, 0.15) is 40.3 Å². The van der Waals surface area contributed by atoms with Crippen LogP contribution in [0.15, 0.2) is 30.3 Å². The van der Waals surface area contributed by atoms with Crippen LogP contribution < -0.4 is 10.6 Å². The molecule has 3 rings (SSSR count). The molecule has 1 saturated heterocycles. The van der Waals surface area contributed by atoms with E-state index < -0.39 is 19.8 Å². The van der Waals surface area contributed by atoms with Gasteiger partial charge >= 0.3 is 0 Å². The van der Waals surface area contributed by atoms with Crippen LogP contribution in [0, 0.1) is 0 Å². The van der Waals surface area contributed by atoms with E-state index in [1.54, 1.807) is 39.8 Å². The number of sulfone groups is 1. The van der Waals surface area contributed by atoms with Gasteiger partial charge in [0.1, 0.15) is 10.6 Å². The van der Waals surface area contributed by atoms with Gasteiger partial charge in [-0.3, -0.25) is 0 Å². The van der Waals surface area contributed by atoms with Gasteiger partial charge in [-0.25, -0.2) is 18.4 Å². The quantitative estimate of drug-likeness (QED) is 0.745. The Labute approximate surface area is 173 Å². The van der Waals surface area contributed by atoms with Crippen LogP contribution in [-0.2, 0) is 19.3 Å². The summed E-state index contributed by atoms with van der Waals surface area (Å²) in [5.41, 5.74) is 7.75. The second-order valence-corrected chi connectivity index (χ2v) is 11.3. The Balaban J connectivity index is 2.19. The maximum Gasteiger partial charge on any atom is 0.163 e. The van der Waals surface area contributed by atoms with E-state index in [1.807, 2.05) is 18.2 Å². The first-order chi connectivity index (χ1) is 13.5. The zero-order chi connectivity index (χ0) is 21.4. The highest BCUT2D eigenvalue weighted by Gasteiger charge is 2.40. The molecule has 1 aliphatic rings.